The summed E-state index contributed by atoms with van der Waals surface area (Å²) in [5.74, 6) is 0.724. The topological polar surface area (TPSA) is 81.2 Å². The van der Waals surface area contributed by atoms with Gasteiger partial charge in [-0.25, -0.2) is 13.4 Å². The third-order valence-corrected chi connectivity index (χ3v) is 6.29. The van der Waals surface area contributed by atoms with Crippen LogP contribution >= 0.6 is 11.6 Å². The number of benzene rings is 2. The van der Waals surface area contributed by atoms with Crippen LogP contribution in [-0.2, 0) is 10.0 Å². The molecular weight excluding hydrogens is 422 g/mol. The van der Waals surface area contributed by atoms with Crippen LogP contribution in [0.4, 0.5) is 5.69 Å². The van der Waals surface area contributed by atoms with Gasteiger partial charge in [-0.3, -0.25) is 9.71 Å². The molecule has 4 aromatic rings. The summed E-state index contributed by atoms with van der Waals surface area (Å²) in [5.41, 5.74) is 3.00. The van der Waals surface area contributed by atoms with Crippen LogP contribution < -0.4 is 9.46 Å². The molecule has 2 heterocycles. The number of hydrogen-bond donors (Lipinski definition) is 1. The first kappa shape index (κ1) is 20.1. The third kappa shape index (κ3) is 4.22. The molecule has 0 unspecified atom stereocenters. The van der Waals surface area contributed by atoms with Gasteiger partial charge in [0.15, 0.2) is 0 Å². The highest BCUT2D eigenvalue weighted by Gasteiger charge is 2.16. The van der Waals surface area contributed by atoms with E-state index in [1.807, 2.05) is 38.1 Å². The van der Waals surface area contributed by atoms with E-state index in [0.717, 1.165) is 22.0 Å². The monoisotopic (exact) mass is 439 g/mol. The van der Waals surface area contributed by atoms with E-state index in [4.69, 9.17) is 16.3 Å². The maximum absolute atomic E-state index is 12.7. The molecule has 0 fully saturated rings. The number of pyridine rings is 2. The standard InChI is InChI=1S/C22H18ClN3O3S/c1-14-5-7-19(10-15(14)2)30(27,28)26-17-12-20(23)22(25-13-17)29-18-6-8-21-16(11-18)4-3-9-24-21/h3-13,26H,1-2H3. The van der Waals surface area contributed by atoms with Gasteiger partial charge >= 0.3 is 0 Å². The second-order valence-electron chi connectivity index (χ2n) is 6.82. The molecule has 0 aliphatic rings. The average molecular weight is 440 g/mol. The van der Waals surface area contributed by atoms with Crippen LogP contribution in [0.1, 0.15) is 11.1 Å². The molecule has 0 spiro atoms. The van der Waals surface area contributed by atoms with Crippen LogP contribution in [0.3, 0.4) is 0 Å². The Labute approximate surface area is 179 Å². The van der Waals surface area contributed by atoms with Crippen molar-refractivity contribution in [2.75, 3.05) is 4.72 Å². The predicted molar refractivity (Wildman–Crippen MR) is 118 cm³/mol. The van der Waals surface area contributed by atoms with Gasteiger partial charge in [-0.1, -0.05) is 23.7 Å². The quantitative estimate of drug-likeness (QED) is 0.444. The highest BCUT2D eigenvalue weighted by atomic mass is 35.5. The van der Waals surface area contributed by atoms with Crippen molar-refractivity contribution in [3.05, 3.63) is 83.1 Å². The molecule has 8 heteroatoms. The number of hydrogen-bond acceptors (Lipinski definition) is 5. The SMILES string of the molecule is Cc1ccc(S(=O)(=O)Nc2cnc(Oc3ccc4ncccc4c3)c(Cl)c2)cc1C. The van der Waals surface area contributed by atoms with Gasteiger partial charge in [0.2, 0.25) is 5.88 Å². The summed E-state index contributed by atoms with van der Waals surface area (Å²) < 4.78 is 33.6. The summed E-state index contributed by atoms with van der Waals surface area (Å²) in [7, 11) is -3.76. The zero-order valence-corrected chi connectivity index (χ0v) is 17.8. The van der Waals surface area contributed by atoms with Gasteiger partial charge in [0.05, 0.1) is 22.3 Å². The van der Waals surface area contributed by atoms with Crippen molar-refractivity contribution < 1.29 is 13.2 Å². The Hall–Kier alpha value is -3.16. The smallest absolute Gasteiger partial charge is 0.261 e. The Balaban J connectivity index is 1.55. The molecular formula is C22H18ClN3O3S. The van der Waals surface area contributed by atoms with E-state index < -0.39 is 10.0 Å². The number of aromatic nitrogens is 2. The van der Waals surface area contributed by atoms with Crippen LogP contribution in [0.15, 0.2) is 71.9 Å². The summed E-state index contributed by atoms with van der Waals surface area (Å²) in [4.78, 5) is 8.60. The molecule has 4 rings (SSSR count). The van der Waals surface area contributed by atoms with Crippen LogP contribution in [0.25, 0.3) is 10.9 Å². The van der Waals surface area contributed by atoms with E-state index in [0.29, 0.717) is 5.75 Å². The summed E-state index contributed by atoms with van der Waals surface area (Å²) in [6, 6.07) is 15.6. The van der Waals surface area contributed by atoms with Crippen molar-refractivity contribution in [1.82, 2.24) is 9.97 Å². The van der Waals surface area contributed by atoms with Gasteiger partial charge < -0.3 is 4.74 Å². The minimum absolute atomic E-state index is 0.173. The molecule has 0 aliphatic heterocycles. The summed E-state index contributed by atoms with van der Waals surface area (Å²) in [6.45, 7) is 3.79. The van der Waals surface area contributed by atoms with E-state index >= 15 is 0 Å². The fourth-order valence-corrected chi connectivity index (χ4v) is 4.20. The van der Waals surface area contributed by atoms with Gasteiger partial charge in [-0.05, 0) is 67.4 Å². The number of fused-ring (bicyclic) bond motifs is 1. The Morgan fingerprint density at radius 3 is 2.57 bits per heavy atom. The van der Waals surface area contributed by atoms with E-state index in [9.17, 15) is 8.42 Å². The molecule has 2 aromatic carbocycles. The molecule has 0 saturated heterocycles. The zero-order valence-electron chi connectivity index (χ0n) is 16.3. The molecule has 6 nitrogen and oxygen atoms in total. The second-order valence-corrected chi connectivity index (χ2v) is 8.91. The number of aryl methyl sites for hydroxylation is 2. The second kappa shape index (κ2) is 7.93. The first-order valence-electron chi connectivity index (χ1n) is 9.10. The molecule has 0 amide bonds. The first-order valence-corrected chi connectivity index (χ1v) is 11.0. The fraction of sp³-hybridized carbons (Fsp3) is 0.0909. The number of anilines is 1. The maximum Gasteiger partial charge on any atom is 0.261 e. The highest BCUT2D eigenvalue weighted by molar-refractivity contribution is 7.92. The van der Waals surface area contributed by atoms with Crippen molar-refractivity contribution in [2.24, 2.45) is 0 Å². The van der Waals surface area contributed by atoms with Gasteiger partial charge in [-0.15, -0.1) is 0 Å². The highest BCUT2D eigenvalue weighted by Crippen LogP contribution is 2.31. The van der Waals surface area contributed by atoms with E-state index in [1.165, 1.54) is 12.3 Å². The number of rotatable bonds is 5. The molecule has 1 N–H and O–H groups in total. The van der Waals surface area contributed by atoms with E-state index in [-0.39, 0.29) is 21.5 Å². The van der Waals surface area contributed by atoms with Crippen molar-refractivity contribution in [2.45, 2.75) is 18.7 Å². The number of halogens is 1. The summed E-state index contributed by atoms with van der Waals surface area (Å²) in [6.07, 6.45) is 3.08. The number of sulfonamides is 1. The van der Waals surface area contributed by atoms with Crippen LogP contribution in [0, 0.1) is 13.8 Å². The Morgan fingerprint density at radius 1 is 0.967 bits per heavy atom. The largest absolute Gasteiger partial charge is 0.438 e. The van der Waals surface area contributed by atoms with Crippen molar-refractivity contribution in [3.8, 4) is 11.6 Å². The van der Waals surface area contributed by atoms with Gasteiger partial charge in [0.1, 0.15) is 10.8 Å². The molecule has 152 valence electrons. The first-order chi connectivity index (χ1) is 14.3. The van der Waals surface area contributed by atoms with Crippen LogP contribution in [-0.4, -0.2) is 18.4 Å². The molecule has 30 heavy (non-hydrogen) atoms. The minimum atomic E-state index is -3.76. The Bertz CT molecular complexity index is 1360. The summed E-state index contributed by atoms with van der Waals surface area (Å²) in [5, 5.41) is 1.10. The molecule has 0 bridgehead atoms. The molecule has 2 aromatic heterocycles. The van der Waals surface area contributed by atoms with Crippen molar-refractivity contribution in [1.29, 1.82) is 0 Å². The van der Waals surface area contributed by atoms with Crippen molar-refractivity contribution in [3.63, 3.8) is 0 Å². The molecule has 0 radical (unpaired) electrons. The van der Waals surface area contributed by atoms with Crippen molar-refractivity contribution >= 4 is 38.2 Å². The Morgan fingerprint density at radius 2 is 1.80 bits per heavy atom. The Kier molecular flexibility index (Phi) is 5.32. The van der Waals surface area contributed by atoms with E-state index in [2.05, 4.69) is 14.7 Å². The molecule has 0 atom stereocenters. The number of ether oxygens (including phenoxy) is 1. The summed E-state index contributed by atoms with van der Waals surface area (Å²) >= 11 is 6.28. The minimum Gasteiger partial charge on any atom is -0.438 e. The lowest BCUT2D eigenvalue weighted by molar-refractivity contribution is 0.464. The lowest BCUT2D eigenvalue weighted by atomic mass is 10.1. The van der Waals surface area contributed by atoms with Gasteiger partial charge in [0, 0.05) is 11.6 Å². The predicted octanol–water partition coefficient (Wildman–Crippen LogP) is 5.49. The maximum atomic E-state index is 12.7. The zero-order chi connectivity index (χ0) is 21.3. The van der Waals surface area contributed by atoms with Gasteiger partial charge in [0.25, 0.3) is 10.0 Å². The molecule has 0 aliphatic carbocycles. The normalized spacial score (nSPS) is 11.4. The lowest BCUT2D eigenvalue weighted by Crippen LogP contribution is -2.13. The van der Waals surface area contributed by atoms with Crippen LogP contribution in [0.2, 0.25) is 5.02 Å². The average Bonchev–Trinajstić information content (AvgIpc) is 2.71. The third-order valence-electron chi connectivity index (χ3n) is 4.64. The van der Waals surface area contributed by atoms with Gasteiger partial charge in [-0.2, -0.15) is 0 Å². The number of nitrogens with one attached hydrogen (secondary N) is 1. The van der Waals surface area contributed by atoms with Crippen LogP contribution in [0.5, 0.6) is 11.6 Å². The fourth-order valence-electron chi connectivity index (χ4n) is 2.88. The molecule has 0 saturated carbocycles. The number of nitrogens with zero attached hydrogens (tertiary/aromatic N) is 2. The lowest BCUT2D eigenvalue weighted by Gasteiger charge is -2.11. The van der Waals surface area contributed by atoms with E-state index in [1.54, 1.807) is 30.5 Å².